The van der Waals surface area contributed by atoms with Crippen molar-refractivity contribution in [2.75, 3.05) is 26.2 Å². The predicted octanol–water partition coefficient (Wildman–Crippen LogP) is 5.45. The Morgan fingerprint density at radius 1 is 1.12 bits per heavy atom. The summed E-state index contributed by atoms with van der Waals surface area (Å²) in [4.78, 5) is 31.1. The number of nitrogens with one attached hydrogen (secondary N) is 1. The molecule has 1 N–H and O–H groups in total. The first-order chi connectivity index (χ1) is 16.2. The van der Waals surface area contributed by atoms with Crippen molar-refractivity contribution < 1.29 is 14.3 Å². The first-order valence-electron chi connectivity index (χ1n) is 12.3. The van der Waals surface area contributed by atoms with Crippen LogP contribution >= 0.6 is 11.3 Å². The molecular formula is C27H39N3O3S. The monoisotopic (exact) mass is 485 g/mol. The van der Waals surface area contributed by atoms with Crippen LogP contribution in [0.5, 0.6) is 5.75 Å². The third kappa shape index (κ3) is 6.75. The molecule has 0 spiro atoms. The minimum absolute atomic E-state index is 0.0175. The zero-order valence-corrected chi connectivity index (χ0v) is 22.2. The van der Waals surface area contributed by atoms with Crippen molar-refractivity contribution in [1.82, 2.24) is 15.1 Å². The maximum atomic E-state index is 13.5. The van der Waals surface area contributed by atoms with Crippen LogP contribution in [-0.2, 0) is 11.2 Å². The minimum atomic E-state index is -0.191. The van der Waals surface area contributed by atoms with Crippen molar-refractivity contribution in [2.45, 2.75) is 66.0 Å². The fourth-order valence-corrected chi connectivity index (χ4v) is 5.18. The summed E-state index contributed by atoms with van der Waals surface area (Å²) in [6, 6.07) is 9.95. The van der Waals surface area contributed by atoms with E-state index in [1.165, 1.54) is 10.4 Å². The summed E-state index contributed by atoms with van der Waals surface area (Å²) in [7, 11) is 0. The molecule has 7 heteroatoms. The molecule has 0 bridgehead atoms. The second kappa shape index (κ2) is 11.7. The molecule has 3 amide bonds. The van der Waals surface area contributed by atoms with Crippen LogP contribution in [0.25, 0.3) is 0 Å². The normalized spacial score (nSPS) is 15.6. The van der Waals surface area contributed by atoms with Crippen LogP contribution in [-0.4, -0.2) is 54.0 Å². The number of amides is 3. The van der Waals surface area contributed by atoms with Crippen LogP contribution < -0.4 is 10.1 Å². The smallest absolute Gasteiger partial charge is 0.318 e. The Kier molecular flexibility index (Phi) is 9.00. The average Bonchev–Trinajstić information content (AvgIpc) is 3.25. The molecule has 2 aromatic rings. The number of ether oxygens (including phenoxy) is 1. The molecule has 0 saturated heterocycles. The van der Waals surface area contributed by atoms with E-state index in [1.54, 1.807) is 16.2 Å². The summed E-state index contributed by atoms with van der Waals surface area (Å²) in [5.41, 5.74) is 2.43. The Morgan fingerprint density at radius 3 is 2.44 bits per heavy atom. The lowest BCUT2D eigenvalue weighted by atomic mass is 10.00. The van der Waals surface area contributed by atoms with Crippen LogP contribution in [0.15, 0.2) is 35.7 Å². The highest BCUT2D eigenvalue weighted by Gasteiger charge is 2.33. The average molecular weight is 486 g/mol. The Labute approximate surface area is 208 Å². The highest BCUT2D eigenvalue weighted by molar-refractivity contribution is 7.10. The number of benzene rings is 1. The Hall–Kier alpha value is -2.54. The maximum absolute atomic E-state index is 13.5. The van der Waals surface area contributed by atoms with Gasteiger partial charge in [0.25, 0.3) is 0 Å². The number of hydrogen-bond donors (Lipinski definition) is 1. The molecule has 1 atom stereocenters. The fraction of sp³-hybridized carbons (Fsp3) is 0.556. The number of thiophene rings is 1. The third-order valence-corrected chi connectivity index (χ3v) is 6.98. The van der Waals surface area contributed by atoms with E-state index in [4.69, 9.17) is 4.74 Å². The number of nitrogens with zero attached hydrogens (tertiary/aromatic N) is 2. The van der Waals surface area contributed by atoms with E-state index in [0.717, 1.165) is 17.7 Å². The molecular weight excluding hydrogens is 446 g/mol. The summed E-state index contributed by atoms with van der Waals surface area (Å²) in [6.45, 7) is 13.9. The van der Waals surface area contributed by atoms with Gasteiger partial charge in [-0.2, -0.15) is 0 Å². The molecule has 34 heavy (non-hydrogen) atoms. The van der Waals surface area contributed by atoms with Crippen LogP contribution in [0.2, 0.25) is 0 Å². The molecule has 3 rings (SSSR count). The van der Waals surface area contributed by atoms with Crippen LogP contribution in [0.1, 0.15) is 69.5 Å². The lowest BCUT2D eigenvalue weighted by molar-refractivity contribution is -0.135. The van der Waals surface area contributed by atoms with E-state index < -0.39 is 0 Å². The van der Waals surface area contributed by atoms with Gasteiger partial charge < -0.3 is 19.9 Å². The molecule has 2 heterocycles. The van der Waals surface area contributed by atoms with Crippen molar-refractivity contribution in [1.29, 1.82) is 0 Å². The number of carbonyl (C=O) groups is 2. The predicted molar refractivity (Wildman–Crippen MR) is 139 cm³/mol. The summed E-state index contributed by atoms with van der Waals surface area (Å²) in [5.74, 6) is 1.50. The van der Waals surface area contributed by atoms with Crippen molar-refractivity contribution in [2.24, 2.45) is 5.92 Å². The second-order valence-corrected chi connectivity index (χ2v) is 11.1. The van der Waals surface area contributed by atoms with E-state index in [0.29, 0.717) is 25.6 Å². The molecule has 0 saturated carbocycles. The van der Waals surface area contributed by atoms with Gasteiger partial charge in [0.05, 0.1) is 6.04 Å². The Morgan fingerprint density at radius 2 is 1.82 bits per heavy atom. The molecule has 0 aliphatic carbocycles. The minimum Gasteiger partial charge on any atom is -0.491 e. The molecule has 1 unspecified atom stereocenters. The van der Waals surface area contributed by atoms with Crippen molar-refractivity contribution in [3.05, 3.63) is 51.7 Å². The van der Waals surface area contributed by atoms with Crippen LogP contribution in [0, 0.1) is 5.92 Å². The first kappa shape index (κ1) is 26.1. The zero-order chi connectivity index (χ0) is 24.8. The summed E-state index contributed by atoms with van der Waals surface area (Å²) in [6.07, 6.45) is 0.834. The van der Waals surface area contributed by atoms with Crippen molar-refractivity contribution >= 4 is 23.3 Å². The topological polar surface area (TPSA) is 61.9 Å². The van der Waals surface area contributed by atoms with Crippen molar-refractivity contribution in [3.63, 3.8) is 0 Å². The lowest BCUT2D eigenvalue weighted by Crippen LogP contribution is -2.51. The number of carbonyl (C=O) groups excluding carboxylic acids is 2. The van der Waals surface area contributed by atoms with Gasteiger partial charge in [-0.1, -0.05) is 39.8 Å². The summed E-state index contributed by atoms with van der Waals surface area (Å²) < 4.78 is 6.17. The van der Waals surface area contributed by atoms with E-state index in [9.17, 15) is 9.59 Å². The van der Waals surface area contributed by atoms with E-state index in [1.807, 2.05) is 30.9 Å². The lowest BCUT2D eigenvalue weighted by Gasteiger charge is -2.37. The number of fused-ring (bicyclic) bond motifs is 1. The SMILES string of the molecule is CC(C)CN(CC(=O)N1CCc2sccc2C1COc1ccc(C(C)C)cc1)C(=O)NC(C)C. The van der Waals surface area contributed by atoms with Gasteiger partial charge in [-0.25, -0.2) is 4.79 Å². The van der Waals surface area contributed by atoms with Crippen LogP contribution in [0.4, 0.5) is 4.79 Å². The van der Waals surface area contributed by atoms with E-state index in [2.05, 4.69) is 56.6 Å². The standard InChI is InChI=1S/C27H39N3O3S/c1-18(2)15-29(27(32)28-20(5)6)16-26(31)30-13-11-25-23(12-14-34-25)24(30)17-33-22-9-7-21(8-10-22)19(3)4/h7-10,12,14,18-20,24H,11,13,15-17H2,1-6H3,(H,28,32). The van der Waals surface area contributed by atoms with E-state index in [-0.39, 0.29) is 36.5 Å². The third-order valence-electron chi connectivity index (χ3n) is 5.98. The molecule has 1 aliphatic rings. The Balaban J connectivity index is 1.75. The van der Waals surface area contributed by atoms with Crippen LogP contribution in [0.3, 0.4) is 0 Å². The molecule has 6 nitrogen and oxygen atoms in total. The van der Waals surface area contributed by atoms with Gasteiger partial charge in [-0.3, -0.25) is 4.79 Å². The zero-order valence-electron chi connectivity index (χ0n) is 21.3. The molecule has 1 aromatic carbocycles. The van der Waals surface area contributed by atoms with Crippen molar-refractivity contribution in [3.8, 4) is 5.75 Å². The van der Waals surface area contributed by atoms with Gasteiger partial charge in [-0.05, 0) is 66.8 Å². The van der Waals surface area contributed by atoms with Gasteiger partial charge in [0.2, 0.25) is 5.91 Å². The second-order valence-electron chi connectivity index (χ2n) is 10.1. The first-order valence-corrected chi connectivity index (χ1v) is 13.2. The number of urea groups is 1. The van der Waals surface area contributed by atoms with Gasteiger partial charge in [0, 0.05) is 24.0 Å². The molecule has 0 radical (unpaired) electrons. The molecule has 1 aliphatic heterocycles. The number of rotatable bonds is 9. The molecule has 1 aromatic heterocycles. The fourth-order valence-electron chi connectivity index (χ4n) is 4.25. The summed E-state index contributed by atoms with van der Waals surface area (Å²) >= 11 is 1.74. The summed E-state index contributed by atoms with van der Waals surface area (Å²) in [5, 5.41) is 5.02. The molecule has 186 valence electrons. The Bertz CT molecular complexity index is 952. The maximum Gasteiger partial charge on any atom is 0.318 e. The highest BCUT2D eigenvalue weighted by atomic mass is 32.1. The molecule has 0 fully saturated rings. The highest BCUT2D eigenvalue weighted by Crippen LogP contribution is 2.34. The van der Waals surface area contributed by atoms with Gasteiger partial charge in [-0.15, -0.1) is 11.3 Å². The van der Waals surface area contributed by atoms with E-state index >= 15 is 0 Å². The van der Waals surface area contributed by atoms with Gasteiger partial charge >= 0.3 is 6.03 Å². The van der Waals surface area contributed by atoms with Gasteiger partial charge in [0.1, 0.15) is 18.9 Å². The largest absolute Gasteiger partial charge is 0.491 e. The van der Waals surface area contributed by atoms with Gasteiger partial charge in [0.15, 0.2) is 0 Å². The number of hydrogen-bond acceptors (Lipinski definition) is 4. The quantitative estimate of drug-likeness (QED) is 0.514.